The van der Waals surface area contributed by atoms with Gasteiger partial charge in [-0.1, -0.05) is 38.1 Å². The summed E-state index contributed by atoms with van der Waals surface area (Å²) < 4.78 is 18.0. The number of amides is 1. The number of ether oxygens (including phenoxy) is 1. The van der Waals surface area contributed by atoms with Crippen LogP contribution >= 0.6 is 0 Å². The zero-order valence-corrected chi connectivity index (χ0v) is 15.9. The Labute approximate surface area is 163 Å². The molecule has 0 fully saturated rings. The Kier molecular flexibility index (Phi) is 7.05. The summed E-state index contributed by atoms with van der Waals surface area (Å²) >= 11 is 0. The maximum Gasteiger partial charge on any atom is 0.349 e. The van der Waals surface area contributed by atoms with Crippen LogP contribution in [0, 0.1) is 17.1 Å². The van der Waals surface area contributed by atoms with Crippen molar-refractivity contribution in [1.29, 1.82) is 5.26 Å². The third kappa shape index (κ3) is 5.78. The quantitative estimate of drug-likeness (QED) is 0.457. The van der Waals surface area contributed by atoms with Crippen LogP contribution in [0.5, 0.6) is 0 Å². The molecule has 144 valence electrons. The number of hydrogen-bond acceptors (Lipinski definition) is 4. The summed E-state index contributed by atoms with van der Waals surface area (Å²) in [6, 6.07) is 14.5. The zero-order valence-electron chi connectivity index (χ0n) is 15.9. The number of hydrogen-bond donors (Lipinski definition) is 1. The number of carbonyl (C=O) groups is 2. The normalized spacial score (nSPS) is 12.2. The van der Waals surface area contributed by atoms with Crippen LogP contribution < -0.4 is 5.32 Å². The van der Waals surface area contributed by atoms with Gasteiger partial charge in [0.05, 0.1) is 0 Å². The second kappa shape index (κ2) is 9.47. The van der Waals surface area contributed by atoms with Gasteiger partial charge >= 0.3 is 5.97 Å². The van der Waals surface area contributed by atoms with Crippen molar-refractivity contribution in [2.75, 3.05) is 5.32 Å². The number of anilines is 1. The van der Waals surface area contributed by atoms with Crippen LogP contribution in [0.2, 0.25) is 0 Å². The lowest BCUT2D eigenvalue weighted by Gasteiger charge is -2.13. The molecule has 0 radical (unpaired) electrons. The Morgan fingerprint density at radius 3 is 2.21 bits per heavy atom. The van der Waals surface area contributed by atoms with Gasteiger partial charge in [0.2, 0.25) is 0 Å². The van der Waals surface area contributed by atoms with Gasteiger partial charge < -0.3 is 10.1 Å². The molecule has 1 N–H and O–H groups in total. The Morgan fingerprint density at radius 2 is 1.68 bits per heavy atom. The lowest BCUT2D eigenvalue weighted by atomic mass is 10.0. The predicted octanol–water partition coefficient (Wildman–Crippen LogP) is 4.43. The number of nitriles is 1. The number of nitrogens with zero attached hydrogens (tertiary/aromatic N) is 1. The Balaban J connectivity index is 2.02. The molecule has 0 saturated heterocycles. The van der Waals surface area contributed by atoms with Crippen LogP contribution in [0.1, 0.15) is 37.8 Å². The maximum absolute atomic E-state index is 12.9. The average Bonchev–Trinajstić information content (AvgIpc) is 2.68. The highest BCUT2D eigenvalue weighted by Crippen LogP contribution is 2.17. The van der Waals surface area contributed by atoms with Crippen molar-refractivity contribution in [3.05, 3.63) is 71.0 Å². The number of benzene rings is 2. The van der Waals surface area contributed by atoms with Gasteiger partial charge in [-0.25, -0.2) is 9.18 Å². The van der Waals surface area contributed by atoms with E-state index in [0.717, 1.165) is 5.56 Å². The molecule has 0 bridgehead atoms. The Morgan fingerprint density at radius 1 is 1.07 bits per heavy atom. The number of esters is 1. The van der Waals surface area contributed by atoms with E-state index in [2.05, 4.69) is 19.2 Å². The second-order valence-electron chi connectivity index (χ2n) is 6.53. The minimum atomic E-state index is -1.13. The first-order chi connectivity index (χ1) is 13.3. The first-order valence-corrected chi connectivity index (χ1v) is 8.79. The molecule has 2 rings (SSSR count). The summed E-state index contributed by atoms with van der Waals surface area (Å²) in [7, 11) is 0. The summed E-state index contributed by atoms with van der Waals surface area (Å²) in [5, 5.41) is 11.8. The molecule has 6 heteroatoms. The van der Waals surface area contributed by atoms with Crippen LogP contribution in [0.15, 0.2) is 54.1 Å². The molecule has 5 nitrogen and oxygen atoms in total. The fraction of sp³-hybridized carbons (Fsp3) is 0.227. The first-order valence-electron chi connectivity index (χ1n) is 8.79. The molecule has 0 aliphatic carbocycles. The highest BCUT2D eigenvalue weighted by Gasteiger charge is 2.20. The highest BCUT2D eigenvalue weighted by atomic mass is 19.1. The average molecular weight is 380 g/mol. The van der Waals surface area contributed by atoms with Gasteiger partial charge in [0.1, 0.15) is 17.5 Å². The number of rotatable bonds is 6. The molecular formula is C22H21FN2O3. The van der Waals surface area contributed by atoms with Gasteiger partial charge in [0.15, 0.2) is 6.10 Å². The third-order valence-corrected chi connectivity index (χ3v) is 4.02. The van der Waals surface area contributed by atoms with E-state index in [1.165, 1.54) is 37.3 Å². The summed E-state index contributed by atoms with van der Waals surface area (Å²) in [6.07, 6.45) is 0.287. The lowest BCUT2D eigenvalue weighted by Crippen LogP contribution is -2.30. The fourth-order valence-electron chi connectivity index (χ4n) is 2.34. The Bertz CT molecular complexity index is 910. The first kappa shape index (κ1) is 20.8. The van der Waals surface area contributed by atoms with Gasteiger partial charge in [0, 0.05) is 5.69 Å². The van der Waals surface area contributed by atoms with Crippen molar-refractivity contribution in [1.82, 2.24) is 0 Å². The molecule has 0 aliphatic rings. The fourth-order valence-corrected chi connectivity index (χ4v) is 2.34. The van der Waals surface area contributed by atoms with Crippen molar-refractivity contribution >= 4 is 23.6 Å². The molecule has 0 aromatic heterocycles. The van der Waals surface area contributed by atoms with Crippen molar-refractivity contribution in [3.63, 3.8) is 0 Å². The molecule has 2 aromatic carbocycles. The van der Waals surface area contributed by atoms with E-state index < -0.39 is 23.8 Å². The van der Waals surface area contributed by atoms with Gasteiger partial charge in [-0.3, -0.25) is 4.79 Å². The molecule has 1 atom stereocenters. The van der Waals surface area contributed by atoms with E-state index in [4.69, 9.17) is 4.74 Å². The monoisotopic (exact) mass is 380 g/mol. The molecule has 0 saturated carbocycles. The number of nitrogens with one attached hydrogen (secondary N) is 1. The van der Waals surface area contributed by atoms with Crippen molar-refractivity contribution in [2.24, 2.45) is 0 Å². The van der Waals surface area contributed by atoms with Crippen molar-refractivity contribution in [2.45, 2.75) is 32.8 Å². The van der Waals surface area contributed by atoms with E-state index in [9.17, 15) is 19.2 Å². The predicted molar refractivity (Wildman–Crippen MR) is 105 cm³/mol. The minimum Gasteiger partial charge on any atom is -0.448 e. The molecule has 0 spiro atoms. The molecule has 28 heavy (non-hydrogen) atoms. The SMILES string of the molecule is CC(C)c1ccc(/C=C(\C#N)C(=O)O[C@H](C)C(=O)Nc2ccc(F)cc2)cc1. The summed E-state index contributed by atoms with van der Waals surface area (Å²) in [5.74, 6) is -1.53. The smallest absolute Gasteiger partial charge is 0.349 e. The maximum atomic E-state index is 12.9. The van der Waals surface area contributed by atoms with Crippen LogP contribution in [0.3, 0.4) is 0 Å². The summed E-state index contributed by atoms with van der Waals surface area (Å²) in [6.45, 7) is 5.53. The van der Waals surface area contributed by atoms with Crippen LogP contribution in [0.4, 0.5) is 10.1 Å². The van der Waals surface area contributed by atoms with Crippen LogP contribution in [-0.4, -0.2) is 18.0 Å². The van der Waals surface area contributed by atoms with Crippen LogP contribution in [-0.2, 0) is 14.3 Å². The largest absolute Gasteiger partial charge is 0.448 e. The van der Waals surface area contributed by atoms with Crippen molar-refractivity contribution < 1.29 is 18.7 Å². The van der Waals surface area contributed by atoms with Gasteiger partial charge in [0.25, 0.3) is 5.91 Å². The summed E-state index contributed by atoms with van der Waals surface area (Å²) in [5.41, 5.74) is 1.99. The van der Waals surface area contributed by atoms with E-state index >= 15 is 0 Å². The number of halogens is 1. The molecule has 0 heterocycles. The van der Waals surface area contributed by atoms with E-state index in [-0.39, 0.29) is 5.57 Å². The van der Waals surface area contributed by atoms with Crippen molar-refractivity contribution in [3.8, 4) is 6.07 Å². The van der Waals surface area contributed by atoms with Crippen LogP contribution in [0.25, 0.3) is 6.08 Å². The highest BCUT2D eigenvalue weighted by molar-refractivity contribution is 6.01. The van der Waals surface area contributed by atoms with E-state index in [1.54, 1.807) is 6.07 Å². The van der Waals surface area contributed by atoms with Gasteiger partial charge in [-0.2, -0.15) is 5.26 Å². The van der Waals surface area contributed by atoms with E-state index in [1.807, 2.05) is 24.3 Å². The second-order valence-corrected chi connectivity index (χ2v) is 6.53. The molecule has 0 aliphatic heterocycles. The standard InChI is InChI=1S/C22H21FN2O3/c1-14(2)17-6-4-16(5-7-17)12-18(13-24)22(27)28-15(3)21(26)25-20-10-8-19(23)9-11-20/h4-12,14-15H,1-3H3,(H,25,26)/b18-12+/t15-/m1/s1. The zero-order chi connectivity index (χ0) is 20.7. The third-order valence-electron chi connectivity index (χ3n) is 4.02. The molecule has 1 amide bonds. The molecular weight excluding hydrogens is 359 g/mol. The van der Waals surface area contributed by atoms with Gasteiger partial charge in [-0.05, 0) is 54.3 Å². The summed E-state index contributed by atoms with van der Waals surface area (Å²) in [4.78, 5) is 24.3. The molecule has 0 unspecified atom stereocenters. The Hall–Kier alpha value is -3.46. The number of carbonyl (C=O) groups excluding carboxylic acids is 2. The topological polar surface area (TPSA) is 79.2 Å². The lowest BCUT2D eigenvalue weighted by molar-refractivity contribution is -0.148. The molecule has 2 aromatic rings. The minimum absolute atomic E-state index is 0.210. The van der Waals surface area contributed by atoms with E-state index in [0.29, 0.717) is 17.2 Å². The van der Waals surface area contributed by atoms with Gasteiger partial charge in [-0.15, -0.1) is 0 Å².